The lowest BCUT2D eigenvalue weighted by Gasteiger charge is -2.28. The van der Waals surface area contributed by atoms with Gasteiger partial charge in [0.05, 0.1) is 5.04 Å². The predicted octanol–water partition coefficient (Wildman–Crippen LogP) is 5.15. The molecule has 2 aliphatic rings. The highest BCUT2D eigenvalue weighted by Crippen LogP contribution is 2.23. The largest absolute Gasteiger partial charge is 0.338 e. The van der Waals surface area contributed by atoms with Crippen LogP contribution in [0.25, 0.3) is 6.08 Å². The third-order valence-corrected chi connectivity index (χ3v) is 6.17. The van der Waals surface area contributed by atoms with E-state index in [4.69, 9.17) is 11.6 Å². The summed E-state index contributed by atoms with van der Waals surface area (Å²) in [5, 5.41) is 1.81. The summed E-state index contributed by atoms with van der Waals surface area (Å²) in [5.74, 6) is 1.18. The topological polar surface area (TPSA) is 32.7 Å². The zero-order chi connectivity index (χ0) is 18.6. The van der Waals surface area contributed by atoms with Gasteiger partial charge in [-0.1, -0.05) is 47.5 Å². The molecule has 0 aliphatic carbocycles. The van der Waals surface area contributed by atoms with Crippen molar-refractivity contribution in [2.45, 2.75) is 12.8 Å². The molecule has 3 nitrogen and oxygen atoms in total. The Labute approximate surface area is 169 Å². The van der Waals surface area contributed by atoms with E-state index in [9.17, 15) is 4.79 Å². The van der Waals surface area contributed by atoms with Crippen LogP contribution in [0.3, 0.4) is 0 Å². The second kappa shape index (κ2) is 8.32. The summed E-state index contributed by atoms with van der Waals surface area (Å²) in [6, 6.07) is 15.8. The van der Waals surface area contributed by atoms with Crippen molar-refractivity contribution in [1.29, 1.82) is 0 Å². The number of rotatable bonds is 3. The Hall–Kier alpha value is -2.04. The van der Waals surface area contributed by atoms with Crippen LogP contribution in [-0.4, -0.2) is 41.2 Å². The van der Waals surface area contributed by atoms with Gasteiger partial charge in [-0.2, -0.15) is 0 Å². The molecule has 27 heavy (non-hydrogen) atoms. The van der Waals surface area contributed by atoms with Crippen molar-refractivity contribution in [3.63, 3.8) is 0 Å². The molecule has 2 aromatic rings. The van der Waals surface area contributed by atoms with Gasteiger partial charge in [0.15, 0.2) is 0 Å². The van der Waals surface area contributed by atoms with Gasteiger partial charge in [0, 0.05) is 41.5 Å². The standard InChI is InChI=1S/C22H21ClN2OS/c23-20-7-5-19(6-8-20)22(26)25-12-9-17(10-13-25)15-16-1-3-18(4-2-16)21-24-11-14-27-21/h1-8,15H,9-14H2. The number of hydrogen-bond acceptors (Lipinski definition) is 3. The molecule has 0 bridgehead atoms. The summed E-state index contributed by atoms with van der Waals surface area (Å²) in [6.07, 6.45) is 4.10. The highest BCUT2D eigenvalue weighted by Gasteiger charge is 2.20. The number of likely N-dealkylation sites (tertiary alicyclic amines) is 1. The van der Waals surface area contributed by atoms with E-state index in [0.717, 1.165) is 43.3 Å². The molecular weight excluding hydrogens is 376 g/mol. The summed E-state index contributed by atoms with van der Waals surface area (Å²) in [7, 11) is 0. The van der Waals surface area contributed by atoms with Crippen molar-refractivity contribution < 1.29 is 4.79 Å². The fourth-order valence-corrected chi connectivity index (χ4v) is 4.37. The minimum absolute atomic E-state index is 0.0879. The van der Waals surface area contributed by atoms with Crippen molar-refractivity contribution in [1.82, 2.24) is 4.90 Å². The van der Waals surface area contributed by atoms with E-state index >= 15 is 0 Å². The molecule has 1 amide bonds. The summed E-state index contributed by atoms with van der Waals surface area (Å²) < 4.78 is 0. The Morgan fingerprint density at radius 2 is 1.74 bits per heavy atom. The van der Waals surface area contributed by atoms with Crippen LogP contribution < -0.4 is 0 Å². The number of amides is 1. The monoisotopic (exact) mass is 396 g/mol. The maximum atomic E-state index is 12.6. The van der Waals surface area contributed by atoms with E-state index in [-0.39, 0.29) is 5.91 Å². The Morgan fingerprint density at radius 1 is 1.04 bits per heavy atom. The first kappa shape index (κ1) is 18.3. The first-order chi connectivity index (χ1) is 13.2. The van der Waals surface area contributed by atoms with E-state index in [1.54, 1.807) is 24.3 Å². The maximum Gasteiger partial charge on any atom is 0.253 e. The fraction of sp³-hybridized carbons (Fsp3) is 0.273. The van der Waals surface area contributed by atoms with Gasteiger partial charge in [0.1, 0.15) is 0 Å². The number of hydrogen-bond donors (Lipinski definition) is 0. The van der Waals surface area contributed by atoms with Gasteiger partial charge in [0.25, 0.3) is 5.91 Å². The van der Waals surface area contributed by atoms with Crippen LogP contribution >= 0.6 is 23.4 Å². The lowest BCUT2D eigenvalue weighted by molar-refractivity contribution is 0.0744. The SMILES string of the molecule is O=C(c1ccc(Cl)cc1)N1CCC(=Cc2ccc(C3=NCCS3)cc2)CC1. The minimum Gasteiger partial charge on any atom is -0.338 e. The van der Waals surface area contributed by atoms with Gasteiger partial charge in [-0.25, -0.2) is 0 Å². The average molecular weight is 397 g/mol. The van der Waals surface area contributed by atoms with Crippen molar-refractivity contribution in [2.24, 2.45) is 4.99 Å². The molecule has 138 valence electrons. The summed E-state index contributed by atoms with van der Waals surface area (Å²) >= 11 is 7.73. The van der Waals surface area contributed by atoms with Crippen molar-refractivity contribution in [2.75, 3.05) is 25.4 Å². The van der Waals surface area contributed by atoms with Crippen LogP contribution in [0.2, 0.25) is 5.02 Å². The van der Waals surface area contributed by atoms with Crippen molar-refractivity contribution in [3.05, 3.63) is 75.8 Å². The third-order valence-electron chi connectivity index (χ3n) is 4.90. The molecule has 0 atom stereocenters. The zero-order valence-electron chi connectivity index (χ0n) is 15.0. The van der Waals surface area contributed by atoms with Crippen LogP contribution in [0.15, 0.2) is 59.1 Å². The fourth-order valence-electron chi connectivity index (χ4n) is 3.38. The van der Waals surface area contributed by atoms with Crippen LogP contribution in [0, 0.1) is 0 Å². The molecule has 0 spiro atoms. The van der Waals surface area contributed by atoms with Crippen molar-refractivity contribution >= 4 is 40.4 Å². The minimum atomic E-state index is 0.0879. The van der Waals surface area contributed by atoms with Gasteiger partial charge >= 0.3 is 0 Å². The second-order valence-electron chi connectivity index (χ2n) is 6.76. The number of halogens is 1. The number of carbonyl (C=O) groups excluding carboxylic acids is 1. The first-order valence-corrected chi connectivity index (χ1v) is 10.6. The Bertz CT molecular complexity index is 878. The highest BCUT2D eigenvalue weighted by molar-refractivity contribution is 8.14. The summed E-state index contributed by atoms with van der Waals surface area (Å²) in [4.78, 5) is 19.0. The second-order valence-corrected chi connectivity index (χ2v) is 8.28. The highest BCUT2D eigenvalue weighted by atomic mass is 35.5. The lowest BCUT2D eigenvalue weighted by Crippen LogP contribution is -2.36. The Morgan fingerprint density at radius 3 is 2.37 bits per heavy atom. The number of benzene rings is 2. The average Bonchev–Trinajstić information content (AvgIpc) is 3.24. The molecular formula is C22H21ClN2OS. The number of aliphatic imine (C=N–C) groups is 1. The molecule has 1 fully saturated rings. The quantitative estimate of drug-likeness (QED) is 0.718. The van der Waals surface area contributed by atoms with Gasteiger partial charge in [-0.3, -0.25) is 9.79 Å². The van der Waals surface area contributed by atoms with Crippen molar-refractivity contribution in [3.8, 4) is 0 Å². The number of thioether (sulfide) groups is 1. The number of piperidine rings is 1. The third kappa shape index (κ3) is 4.45. The molecule has 5 heteroatoms. The zero-order valence-corrected chi connectivity index (χ0v) is 16.6. The van der Waals surface area contributed by atoms with Gasteiger partial charge in [-0.05, 0) is 42.7 Å². The molecule has 4 rings (SSSR count). The van der Waals surface area contributed by atoms with Gasteiger partial charge in [0.2, 0.25) is 0 Å². The molecule has 1 saturated heterocycles. The van der Waals surface area contributed by atoms with E-state index in [2.05, 4.69) is 35.3 Å². The van der Waals surface area contributed by atoms with Gasteiger partial charge in [-0.15, -0.1) is 11.8 Å². The molecule has 2 aliphatic heterocycles. The summed E-state index contributed by atoms with van der Waals surface area (Å²) in [6.45, 7) is 2.45. The summed E-state index contributed by atoms with van der Waals surface area (Å²) in [5.41, 5.74) is 4.53. The first-order valence-electron chi connectivity index (χ1n) is 9.21. The van der Waals surface area contributed by atoms with Crippen LogP contribution in [0.4, 0.5) is 0 Å². The number of nitrogens with zero attached hydrogens (tertiary/aromatic N) is 2. The molecule has 0 radical (unpaired) electrons. The molecule has 2 heterocycles. The van der Waals surface area contributed by atoms with E-state index < -0.39 is 0 Å². The Kier molecular flexibility index (Phi) is 5.65. The van der Waals surface area contributed by atoms with Gasteiger partial charge < -0.3 is 4.90 Å². The molecule has 0 N–H and O–H groups in total. The lowest BCUT2D eigenvalue weighted by atomic mass is 10.00. The molecule has 2 aromatic carbocycles. The Balaban J connectivity index is 1.37. The maximum absolute atomic E-state index is 12.6. The molecule has 0 saturated carbocycles. The molecule has 0 unspecified atom stereocenters. The van der Waals surface area contributed by atoms with E-state index in [1.165, 1.54) is 16.7 Å². The molecule has 0 aromatic heterocycles. The predicted molar refractivity (Wildman–Crippen MR) is 115 cm³/mol. The van der Waals surface area contributed by atoms with Crippen LogP contribution in [-0.2, 0) is 0 Å². The number of carbonyl (C=O) groups is 1. The van der Waals surface area contributed by atoms with Crippen LogP contribution in [0.1, 0.15) is 34.3 Å². The normalized spacial score (nSPS) is 17.0. The van der Waals surface area contributed by atoms with E-state index in [0.29, 0.717) is 10.6 Å². The van der Waals surface area contributed by atoms with Crippen LogP contribution in [0.5, 0.6) is 0 Å². The smallest absolute Gasteiger partial charge is 0.253 e. The van der Waals surface area contributed by atoms with E-state index in [1.807, 2.05) is 16.7 Å².